The van der Waals surface area contributed by atoms with Crippen LogP contribution in [0.25, 0.3) is 0 Å². The Bertz CT molecular complexity index is 581. The van der Waals surface area contributed by atoms with E-state index >= 15 is 0 Å². The number of nitrogens with one attached hydrogen (secondary N) is 2. The van der Waals surface area contributed by atoms with Crippen molar-refractivity contribution in [2.75, 3.05) is 0 Å². The first-order chi connectivity index (χ1) is 9.42. The van der Waals surface area contributed by atoms with E-state index in [0.717, 1.165) is 12.8 Å². The molecule has 2 atom stereocenters. The van der Waals surface area contributed by atoms with Gasteiger partial charge in [-0.2, -0.15) is 0 Å². The summed E-state index contributed by atoms with van der Waals surface area (Å²) in [6, 6.07) is 2.70. The Balaban J connectivity index is 2.20. The molecule has 1 amide bonds. The van der Waals surface area contributed by atoms with Crippen molar-refractivity contribution >= 4 is 11.9 Å². The van der Waals surface area contributed by atoms with Crippen molar-refractivity contribution in [2.45, 2.75) is 38.1 Å². The van der Waals surface area contributed by atoms with E-state index in [1.807, 2.05) is 0 Å². The second-order valence-electron chi connectivity index (χ2n) is 5.45. The molecule has 0 saturated heterocycles. The van der Waals surface area contributed by atoms with Gasteiger partial charge in [-0.1, -0.05) is 12.8 Å². The van der Waals surface area contributed by atoms with E-state index in [-0.39, 0.29) is 11.1 Å². The minimum Gasteiger partial charge on any atom is -0.481 e. The molecular formula is C14H18N2O4. The number of carbonyl (C=O) groups excluding carboxylic acids is 1. The lowest BCUT2D eigenvalue weighted by atomic mass is 9.74. The van der Waals surface area contributed by atoms with E-state index in [4.69, 9.17) is 0 Å². The number of carbonyl (C=O) groups is 2. The summed E-state index contributed by atoms with van der Waals surface area (Å²) in [4.78, 5) is 37.2. The van der Waals surface area contributed by atoms with Crippen LogP contribution in [0.5, 0.6) is 0 Å². The van der Waals surface area contributed by atoms with Crippen LogP contribution in [-0.4, -0.2) is 27.5 Å². The Hall–Kier alpha value is -2.11. The van der Waals surface area contributed by atoms with Gasteiger partial charge in [0.1, 0.15) is 0 Å². The summed E-state index contributed by atoms with van der Waals surface area (Å²) in [6.45, 7) is 1.76. The zero-order valence-corrected chi connectivity index (χ0v) is 11.3. The van der Waals surface area contributed by atoms with E-state index in [9.17, 15) is 19.5 Å². The maximum atomic E-state index is 12.2. The molecule has 6 nitrogen and oxygen atoms in total. The largest absolute Gasteiger partial charge is 0.481 e. The summed E-state index contributed by atoms with van der Waals surface area (Å²) in [5.74, 6) is -1.90. The summed E-state index contributed by atoms with van der Waals surface area (Å²) >= 11 is 0. The highest BCUT2D eigenvalue weighted by molar-refractivity contribution is 5.94. The number of aliphatic carboxylic acids is 1. The Morgan fingerprint density at radius 3 is 2.85 bits per heavy atom. The molecule has 0 radical (unpaired) electrons. The van der Waals surface area contributed by atoms with E-state index in [2.05, 4.69) is 10.3 Å². The van der Waals surface area contributed by atoms with Gasteiger partial charge < -0.3 is 15.4 Å². The van der Waals surface area contributed by atoms with Crippen LogP contribution in [0.2, 0.25) is 0 Å². The third-order valence-corrected chi connectivity index (χ3v) is 3.94. The third-order valence-electron chi connectivity index (χ3n) is 3.94. The Labute approximate surface area is 116 Å². The second-order valence-corrected chi connectivity index (χ2v) is 5.45. The summed E-state index contributed by atoms with van der Waals surface area (Å²) in [5.41, 5.74) is -0.894. The van der Waals surface area contributed by atoms with Crippen molar-refractivity contribution in [2.24, 2.45) is 5.92 Å². The maximum Gasteiger partial charge on any atom is 0.308 e. The number of H-pyrrole nitrogens is 1. The SMILES string of the molecule is C[C@@]1(NC(=O)c2cc[nH]c(=O)c2)CCCC[C@@H]1C(=O)O. The fraction of sp³-hybridized carbons (Fsp3) is 0.500. The summed E-state index contributed by atoms with van der Waals surface area (Å²) in [6.07, 6.45) is 4.32. The summed E-state index contributed by atoms with van der Waals surface area (Å²) < 4.78 is 0. The molecule has 0 spiro atoms. The molecule has 1 aliphatic carbocycles. The number of rotatable bonds is 3. The van der Waals surface area contributed by atoms with Crippen LogP contribution in [0.4, 0.5) is 0 Å². The predicted molar refractivity (Wildman–Crippen MR) is 72.5 cm³/mol. The highest BCUT2D eigenvalue weighted by Gasteiger charge is 2.42. The van der Waals surface area contributed by atoms with Crippen LogP contribution in [-0.2, 0) is 4.79 Å². The molecule has 3 N–H and O–H groups in total. The Kier molecular flexibility index (Phi) is 3.92. The van der Waals surface area contributed by atoms with Gasteiger partial charge in [0.2, 0.25) is 5.56 Å². The molecule has 2 rings (SSSR count). The van der Waals surface area contributed by atoms with Gasteiger partial charge in [0.25, 0.3) is 5.91 Å². The molecular weight excluding hydrogens is 260 g/mol. The number of hydrogen-bond acceptors (Lipinski definition) is 3. The van der Waals surface area contributed by atoms with Crippen LogP contribution in [0.3, 0.4) is 0 Å². The van der Waals surface area contributed by atoms with Crippen LogP contribution in [0, 0.1) is 5.92 Å². The molecule has 1 fully saturated rings. The van der Waals surface area contributed by atoms with Crippen molar-refractivity contribution in [3.8, 4) is 0 Å². The van der Waals surface area contributed by atoms with Crippen LogP contribution in [0.1, 0.15) is 43.0 Å². The van der Waals surface area contributed by atoms with Gasteiger partial charge in [-0.05, 0) is 25.8 Å². The zero-order valence-electron chi connectivity index (χ0n) is 11.3. The van der Waals surface area contributed by atoms with E-state index in [1.165, 1.54) is 18.3 Å². The lowest BCUT2D eigenvalue weighted by Gasteiger charge is -2.39. The topological polar surface area (TPSA) is 99.3 Å². The van der Waals surface area contributed by atoms with Gasteiger partial charge in [0, 0.05) is 17.8 Å². The number of amides is 1. The van der Waals surface area contributed by atoms with E-state index in [1.54, 1.807) is 6.92 Å². The molecule has 0 unspecified atom stereocenters. The molecule has 0 bridgehead atoms. The minimum absolute atomic E-state index is 0.240. The fourth-order valence-corrected chi connectivity index (χ4v) is 2.80. The molecule has 0 aromatic carbocycles. The van der Waals surface area contributed by atoms with Crippen molar-refractivity contribution in [1.82, 2.24) is 10.3 Å². The number of aromatic amines is 1. The predicted octanol–water partition coefficient (Wildman–Crippen LogP) is 1.14. The summed E-state index contributed by atoms with van der Waals surface area (Å²) in [7, 11) is 0. The third kappa shape index (κ3) is 2.89. The first-order valence-corrected chi connectivity index (χ1v) is 6.66. The number of aromatic nitrogens is 1. The fourth-order valence-electron chi connectivity index (χ4n) is 2.80. The summed E-state index contributed by atoms with van der Waals surface area (Å²) in [5, 5.41) is 12.1. The Morgan fingerprint density at radius 2 is 2.20 bits per heavy atom. The first-order valence-electron chi connectivity index (χ1n) is 6.66. The van der Waals surface area contributed by atoms with Gasteiger partial charge in [0.15, 0.2) is 0 Å². The minimum atomic E-state index is -0.890. The number of carboxylic acid groups (broad SMARTS) is 1. The number of carboxylic acids is 1. The number of pyridine rings is 1. The van der Waals surface area contributed by atoms with Crippen LogP contribution >= 0.6 is 0 Å². The van der Waals surface area contributed by atoms with Gasteiger partial charge in [0.05, 0.1) is 11.5 Å². The van der Waals surface area contributed by atoms with Crippen LogP contribution in [0.15, 0.2) is 23.1 Å². The average molecular weight is 278 g/mol. The van der Waals surface area contributed by atoms with E-state index in [0.29, 0.717) is 12.8 Å². The van der Waals surface area contributed by atoms with Gasteiger partial charge >= 0.3 is 5.97 Å². The smallest absolute Gasteiger partial charge is 0.308 e. The quantitative estimate of drug-likeness (QED) is 0.772. The second kappa shape index (κ2) is 5.48. The highest BCUT2D eigenvalue weighted by Crippen LogP contribution is 2.34. The molecule has 1 aromatic rings. The Morgan fingerprint density at radius 1 is 1.45 bits per heavy atom. The van der Waals surface area contributed by atoms with Gasteiger partial charge in [-0.3, -0.25) is 14.4 Å². The van der Waals surface area contributed by atoms with Gasteiger partial charge in [-0.15, -0.1) is 0 Å². The molecule has 1 saturated carbocycles. The molecule has 1 aromatic heterocycles. The van der Waals surface area contributed by atoms with Crippen molar-refractivity contribution in [1.29, 1.82) is 0 Å². The van der Waals surface area contributed by atoms with Gasteiger partial charge in [-0.25, -0.2) is 0 Å². The normalized spacial score (nSPS) is 25.9. The number of hydrogen-bond donors (Lipinski definition) is 3. The van der Waals surface area contributed by atoms with Crippen molar-refractivity contribution in [3.05, 3.63) is 34.2 Å². The highest BCUT2D eigenvalue weighted by atomic mass is 16.4. The molecule has 6 heteroatoms. The molecule has 20 heavy (non-hydrogen) atoms. The monoisotopic (exact) mass is 278 g/mol. The lowest BCUT2D eigenvalue weighted by molar-refractivity contribution is -0.145. The van der Waals surface area contributed by atoms with E-state index < -0.39 is 23.3 Å². The van der Waals surface area contributed by atoms with Crippen molar-refractivity contribution in [3.63, 3.8) is 0 Å². The first kappa shape index (κ1) is 14.3. The molecule has 108 valence electrons. The van der Waals surface area contributed by atoms with Crippen molar-refractivity contribution < 1.29 is 14.7 Å². The molecule has 0 aliphatic heterocycles. The molecule has 1 aliphatic rings. The standard InChI is InChI=1S/C14H18N2O4/c1-14(6-3-2-4-10(14)13(19)20)16-12(18)9-5-7-15-11(17)8-9/h5,7-8,10H,2-4,6H2,1H3,(H,15,17)(H,16,18)(H,19,20)/t10-,14-/m1/s1. The zero-order chi connectivity index (χ0) is 14.8. The van der Waals surface area contributed by atoms with Crippen LogP contribution < -0.4 is 10.9 Å². The average Bonchev–Trinajstić information content (AvgIpc) is 2.38. The maximum absolute atomic E-state index is 12.2. The molecule has 1 heterocycles. The lowest BCUT2D eigenvalue weighted by Crippen LogP contribution is -2.55.